The third-order valence-corrected chi connectivity index (χ3v) is 4.50. The SMILES string of the molecule is COC(=O)C1CCCc2ccc(-c3ccc(C)cc3)cc2C1=O. The summed E-state index contributed by atoms with van der Waals surface area (Å²) in [6.07, 6.45) is 2.20. The molecular formula is C20H20O3. The van der Waals surface area contributed by atoms with Gasteiger partial charge in [-0.25, -0.2) is 0 Å². The molecule has 0 fully saturated rings. The van der Waals surface area contributed by atoms with E-state index in [2.05, 4.69) is 30.3 Å². The van der Waals surface area contributed by atoms with Crippen LogP contribution < -0.4 is 0 Å². The van der Waals surface area contributed by atoms with Crippen molar-refractivity contribution in [2.75, 3.05) is 7.11 Å². The molecule has 23 heavy (non-hydrogen) atoms. The molecule has 0 saturated heterocycles. The van der Waals surface area contributed by atoms with Gasteiger partial charge < -0.3 is 4.74 Å². The first kappa shape index (κ1) is 15.5. The van der Waals surface area contributed by atoms with Crippen molar-refractivity contribution in [3.8, 4) is 11.1 Å². The summed E-state index contributed by atoms with van der Waals surface area (Å²) in [6.45, 7) is 2.05. The van der Waals surface area contributed by atoms with Crippen molar-refractivity contribution in [3.63, 3.8) is 0 Å². The minimum Gasteiger partial charge on any atom is -0.468 e. The predicted molar refractivity (Wildman–Crippen MR) is 89.4 cm³/mol. The smallest absolute Gasteiger partial charge is 0.316 e. The van der Waals surface area contributed by atoms with Gasteiger partial charge in [-0.2, -0.15) is 0 Å². The van der Waals surface area contributed by atoms with Crippen LogP contribution in [0.3, 0.4) is 0 Å². The monoisotopic (exact) mass is 308 g/mol. The van der Waals surface area contributed by atoms with Gasteiger partial charge in [0.25, 0.3) is 0 Å². The third kappa shape index (κ3) is 3.04. The van der Waals surface area contributed by atoms with Crippen LogP contribution >= 0.6 is 0 Å². The Bertz CT molecular complexity index is 744. The van der Waals surface area contributed by atoms with Crippen LogP contribution in [0.2, 0.25) is 0 Å². The van der Waals surface area contributed by atoms with Gasteiger partial charge in [-0.15, -0.1) is 0 Å². The van der Waals surface area contributed by atoms with Crippen LogP contribution in [0, 0.1) is 12.8 Å². The lowest BCUT2D eigenvalue weighted by Gasteiger charge is -2.12. The van der Waals surface area contributed by atoms with Crippen molar-refractivity contribution in [1.82, 2.24) is 0 Å². The van der Waals surface area contributed by atoms with Gasteiger partial charge in [-0.1, -0.05) is 42.0 Å². The molecule has 0 bridgehead atoms. The average molecular weight is 308 g/mol. The number of ether oxygens (including phenoxy) is 1. The number of carbonyl (C=O) groups is 2. The van der Waals surface area contributed by atoms with Crippen molar-refractivity contribution >= 4 is 11.8 Å². The minimum atomic E-state index is -0.672. The van der Waals surface area contributed by atoms with E-state index in [0.29, 0.717) is 12.0 Å². The van der Waals surface area contributed by atoms with Crippen LogP contribution in [0.1, 0.15) is 34.3 Å². The van der Waals surface area contributed by atoms with Gasteiger partial charge in [0.2, 0.25) is 0 Å². The molecule has 0 saturated carbocycles. The quantitative estimate of drug-likeness (QED) is 0.479. The van der Waals surface area contributed by atoms with Crippen molar-refractivity contribution in [2.24, 2.45) is 5.92 Å². The fourth-order valence-corrected chi connectivity index (χ4v) is 3.13. The molecule has 118 valence electrons. The van der Waals surface area contributed by atoms with Gasteiger partial charge >= 0.3 is 5.97 Å². The Morgan fingerprint density at radius 2 is 1.78 bits per heavy atom. The van der Waals surface area contributed by atoms with Crippen molar-refractivity contribution in [3.05, 3.63) is 59.2 Å². The van der Waals surface area contributed by atoms with Gasteiger partial charge in [0.05, 0.1) is 7.11 Å². The molecule has 1 unspecified atom stereocenters. The lowest BCUT2D eigenvalue weighted by atomic mass is 9.92. The number of ketones is 1. The Balaban J connectivity index is 2.02. The molecule has 1 aliphatic rings. The molecule has 3 rings (SSSR count). The van der Waals surface area contributed by atoms with Gasteiger partial charge in [-0.3, -0.25) is 9.59 Å². The normalized spacial score (nSPS) is 17.3. The molecule has 0 aromatic heterocycles. The fraction of sp³-hybridized carbons (Fsp3) is 0.300. The molecule has 0 radical (unpaired) electrons. The second-order valence-electron chi connectivity index (χ2n) is 6.07. The van der Waals surface area contributed by atoms with Crippen LogP contribution in [-0.4, -0.2) is 18.9 Å². The third-order valence-electron chi connectivity index (χ3n) is 4.50. The second-order valence-corrected chi connectivity index (χ2v) is 6.07. The molecular weight excluding hydrogens is 288 g/mol. The first-order valence-electron chi connectivity index (χ1n) is 7.92. The zero-order valence-electron chi connectivity index (χ0n) is 13.5. The van der Waals surface area contributed by atoms with Crippen LogP contribution in [0.15, 0.2) is 42.5 Å². The number of rotatable bonds is 2. The summed E-state index contributed by atoms with van der Waals surface area (Å²) in [4.78, 5) is 24.7. The van der Waals surface area contributed by atoms with Crippen LogP contribution in [-0.2, 0) is 16.0 Å². The maximum Gasteiger partial charge on any atom is 0.316 e. The molecule has 0 heterocycles. The molecule has 3 heteroatoms. The predicted octanol–water partition coefficient (Wildman–Crippen LogP) is 3.97. The zero-order valence-corrected chi connectivity index (χ0v) is 13.5. The fourth-order valence-electron chi connectivity index (χ4n) is 3.13. The van der Waals surface area contributed by atoms with E-state index in [0.717, 1.165) is 29.5 Å². The average Bonchev–Trinajstić information content (AvgIpc) is 2.74. The van der Waals surface area contributed by atoms with Crippen molar-refractivity contribution < 1.29 is 14.3 Å². The number of aryl methyl sites for hydroxylation is 2. The van der Waals surface area contributed by atoms with E-state index >= 15 is 0 Å². The standard InChI is InChI=1S/C20H20O3/c1-13-6-8-14(9-7-13)16-11-10-15-4-3-5-17(20(22)23-2)19(21)18(15)12-16/h6-12,17H,3-5H2,1-2H3. The Labute approximate surface area is 136 Å². The summed E-state index contributed by atoms with van der Waals surface area (Å²) in [5.41, 5.74) is 4.96. The molecule has 2 aromatic carbocycles. The van der Waals surface area contributed by atoms with E-state index in [4.69, 9.17) is 4.74 Å². The summed E-state index contributed by atoms with van der Waals surface area (Å²) >= 11 is 0. The first-order valence-corrected chi connectivity index (χ1v) is 7.92. The van der Waals surface area contributed by atoms with Crippen molar-refractivity contribution in [2.45, 2.75) is 26.2 Å². The summed E-state index contributed by atoms with van der Waals surface area (Å²) in [5, 5.41) is 0. The largest absolute Gasteiger partial charge is 0.468 e. The summed E-state index contributed by atoms with van der Waals surface area (Å²) in [7, 11) is 1.34. The highest BCUT2D eigenvalue weighted by Crippen LogP contribution is 2.30. The van der Waals surface area contributed by atoms with E-state index in [1.807, 2.05) is 19.1 Å². The van der Waals surface area contributed by atoms with E-state index in [9.17, 15) is 9.59 Å². The number of carbonyl (C=O) groups excluding carboxylic acids is 2. The minimum absolute atomic E-state index is 0.113. The summed E-state index contributed by atoms with van der Waals surface area (Å²) in [6, 6.07) is 14.2. The lowest BCUT2D eigenvalue weighted by Crippen LogP contribution is -2.24. The first-order chi connectivity index (χ1) is 11.1. The number of hydrogen-bond donors (Lipinski definition) is 0. The number of fused-ring (bicyclic) bond motifs is 1. The Morgan fingerprint density at radius 3 is 2.48 bits per heavy atom. The number of methoxy groups -OCH3 is 1. The Hall–Kier alpha value is -2.42. The maximum absolute atomic E-state index is 12.8. The molecule has 3 nitrogen and oxygen atoms in total. The van der Waals surface area contributed by atoms with Gasteiger partial charge in [0.15, 0.2) is 5.78 Å². The molecule has 1 atom stereocenters. The van der Waals surface area contributed by atoms with Gasteiger partial charge in [0.1, 0.15) is 5.92 Å². The summed E-state index contributed by atoms with van der Waals surface area (Å²) in [5.74, 6) is -1.21. The van der Waals surface area contributed by atoms with Gasteiger partial charge in [0, 0.05) is 5.56 Å². The van der Waals surface area contributed by atoms with Crippen LogP contribution in [0.5, 0.6) is 0 Å². The molecule has 0 amide bonds. The Kier molecular flexibility index (Phi) is 4.28. The second kappa shape index (κ2) is 6.37. The highest BCUT2D eigenvalue weighted by atomic mass is 16.5. The van der Waals surface area contributed by atoms with E-state index < -0.39 is 11.9 Å². The van der Waals surface area contributed by atoms with Crippen LogP contribution in [0.4, 0.5) is 0 Å². The lowest BCUT2D eigenvalue weighted by molar-refractivity contribution is -0.143. The van der Waals surface area contributed by atoms with E-state index in [1.165, 1.54) is 12.7 Å². The van der Waals surface area contributed by atoms with Crippen molar-refractivity contribution in [1.29, 1.82) is 0 Å². The molecule has 0 aliphatic heterocycles. The maximum atomic E-state index is 12.8. The number of benzene rings is 2. The van der Waals surface area contributed by atoms with Crippen LogP contribution in [0.25, 0.3) is 11.1 Å². The topological polar surface area (TPSA) is 43.4 Å². The molecule has 0 N–H and O–H groups in total. The van der Waals surface area contributed by atoms with E-state index in [-0.39, 0.29) is 5.78 Å². The molecule has 0 spiro atoms. The number of Topliss-reactive ketones (excluding diaryl/α,β-unsaturated/α-hetero) is 1. The molecule has 2 aromatic rings. The zero-order chi connectivity index (χ0) is 16.4. The number of hydrogen-bond acceptors (Lipinski definition) is 3. The Morgan fingerprint density at radius 1 is 1.09 bits per heavy atom. The molecule has 1 aliphatic carbocycles. The highest BCUT2D eigenvalue weighted by Gasteiger charge is 2.31. The van der Waals surface area contributed by atoms with Gasteiger partial charge in [-0.05, 0) is 48.9 Å². The highest BCUT2D eigenvalue weighted by molar-refractivity contribution is 6.10. The van der Waals surface area contributed by atoms with E-state index in [1.54, 1.807) is 0 Å². The number of esters is 1. The summed E-state index contributed by atoms with van der Waals surface area (Å²) < 4.78 is 4.80.